The van der Waals surface area contributed by atoms with Crippen LogP contribution in [-0.4, -0.2) is 40.1 Å². The summed E-state index contributed by atoms with van der Waals surface area (Å²) in [4.78, 5) is 24.1. The second-order valence-electron chi connectivity index (χ2n) is 3.37. The Bertz CT molecular complexity index is 393. The van der Waals surface area contributed by atoms with Crippen molar-refractivity contribution in [1.82, 2.24) is 10.1 Å². The van der Waals surface area contributed by atoms with E-state index in [0.29, 0.717) is 13.1 Å². The number of carbonyl (C=O) groups excluding carboxylic acids is 1. The monoisotopic (exact) mass is 210 g/mol. The minimum Gasteiger partial charge on any atom is -0.477 e. The summed E-state index contributed by atoms with van der Waals surface area (Å²) in [5.41, 5.74) is -0.174. The molecule has 2 rings (SSSR count). The zero-order valence-corrected chi connectivity index (χ0v) is 7.97. The van der Waals surface area contributed by atoms with E-state index in [9.17, 15) is 9.59 Å². The van der Waals surface area contributed by atoms with Crippen LogP contribution in [0.5, 0.6) is 0 Å². The van der Waals surface area contributed by atoms with Crippen LogP contribution in [0.15, 0.2) is 10.7 Å². The summed E-state index contributed by atoms with van der Waals surface area (Å²) in [7, 11) is 0. The number of aromatic carboxylic acids is 1. The predicted octanol–water partition coefficient (Wildman–Crippen LogP) is 0.609. The number of hydrogen-bond donors (Lipinski definition) is 1. The van der Waals surface area contributed by atoms with E-state index >= 15 is 0 Å². The number of rotatable bonds is 2. The number of likely N-dealkylation sites (tertiary alicyclic amines) is 1. The smallest absolute Gasteiger partial charge is 0.341 e. The van der Waals surface area contributed by atoms with E-state index in [4.69, 9.17) is 5.11 Å². The Kier molecular flexibility index (Phi) is 2.40. The van der Waals surface area contributed by atoms with Crippen molar-refractivity contribution >= 4 is 11.9 Å². The minimum atomic E-state index is -1.20. The Morgan fingerprint density at radius 1 is 1.40 bits per heavy atom. The number of amides is 1. The molecule has 0 radical (unpaired) electrons. The lowest BCUT2D eigenvalue weighted by molar-refractivity contribution is 0.0669. The van der Waals surface area contributed by atoms with Crippen molar-refractivity contribution in [3.05, 3.63) is 17.5 Å². The summed E-state index contributed by atoms with van der Waals surface area (Å²) in [6.07, 6.45) is 2.94. The maximum Gasteiger partial charge on any atom is 0.341 e. The lowest BCUT2D eigenvalue weighted by Crippen LogP contribution is -2.28. The molecule has 15 heavy (non-hydrogen) atoms. The van der Waals surface area contributed by atoms with Crippen LogP contribution in [0, 0.1) is 0 Å². The van der Waals surface area contributed by atoms with Crippen molar-refractivity contribution in [2.45, 2.75) is 12.8 Å². The van der Waals surface area contributed by atoms with E-state index in [-0.39, 0.29) is 17.2 Å². The molecule has 1 amide bonds. The normalized spacial score (nSPS) is 15.6. The molecule has 1 aromatic rings. The summed E-state index contributed by atoms with van der Waals surface area (Å²) < 4.78 is 4.68. The molecule has 1 N–H and O–H groups in total. The molecule has 1 aliphatic rings. The van der Waals surface area contributed by atoms with E-state index in [0.717, 1.165) is 19.0 Å². The highest BCUT2D eigenvalue weighted by atomic mass is 16.5. The standard InChI is InChI=1S/C9H10N2O4/c12-8(11-3-1-2-4-11)7-6(9(13)14)5-10-15-7/h5H,1-4H2,(H,13,14). The Morgan fingerprint density at radius 2 is 2.07 bits per heavy atom. The molecule has 6 nitrogen and oxygen atoms in total. The van der Waals surface area contributed by atoms with Gasteiger partial charge >= 0.3 is 5.97 Å². The highest BCUT2D eigenvalue weighted by Crippen LogP contribution is 2.15. The Morgan fingerprint density at radius 3 is 2.67 bits per heavy atom. The van der Waals surface area contributed by atoms with Crippen LogP contribution in [0.2, 0.25) is 0 Å². The summed E-state index contributed by atoms with van der Waals surface area (Å²) >= 11 is 0. The summed E-state index contributed by atoms with van der Waals surface area (Å²) in [6.45, 7) is 1.30. The molecule has 0 atom stereocenters. The molecule has 0 saturated carbocycles. The Labute approximate surface area is 85.5 Å². The van der Waals surface area contributed by atoms with Gasteiger partial charge in [-0.2, -0.15) is 0 Å². The summed E-state index contributed by atoms with van der Waals surface area (Å²) in [5.74, 6) is -1.76. The van der Waals surface area contributed by atoms with Crippen LogP contribution >= 0.6 is 0 Å². The van der Waals surface area contributed by atoms with Gasteiger partial charge in [0.25, 0.3) is 5.91 Å². The fourth-order valence-electron chi connectivity index (χ4n) is 1.61. The van der Waals surface area contributed by atoms with Gasteiger partial charge in [0.2, 0.25) is 5.76 Å². The zero-order valence-electron chi connectivity index (χ0n) is 7.97. The average Bonchev–Trinajstić information content (AvgIpc) is 2.88. The average molecular weight is 210 g/mol. The van der Waals surface area contributed by atoms with E-state index in [1.165, 1.54) is 0 Å². The first-order valence-corrected chi connectivity index (χ1v) is 4.67. The predicted molar refractivity (Wildman–Crippen MR) is 48.6 cm³/mol. The quantitative estimate of drug-likeness (QED) is 0.773. The number of carboxylic acid groups (broad SMARTS) is 1. The first kappa shape index (κ1) is 9.70. The zero-order chi connectivity index (χ0) is 10.8. The molecule has 1 aromatic heterocycles. The molecule has 0 aliphatic carbocycles. The van der Waals surface area contributed by atoms with Gasteiger partial charge in [-0.25, -0.2) is 4.79 Å². The number of aromatic nitrogens is 1. The maximum absolute atomic E-state index is 11.8. The van der Waals surface area contributed by atoms with Crippen molar-refractivity contribution in [2.24, 2.45) is 0 Å². The third kappa shape index (κ3) is 1.70. The van der Waals surface area contributed by atoms with Gasteiger partial charge in [0, 0.05) is 13.1 Å². The van der Waals surface area contributed by atoms with Gasteiger partial charge in [0.15, 0.2) is 0 Å². The van der Waals surface area contributed by atoms with Crippen molar-refractivity contribution in [2.75, 3.05) is 13.1 Å². The lowest BCUT2D eigenvalue weighted by Gasteiger charge is -2.12. The van der Waals surface area contributed by atoms with Crippen LogP contribution in [0.3, 0.4) is 0 Å². The molecular formula is C9H10N2O4. The minimum absolute atomic E-state index is 0.174. The molecule has 0 spiro atoms. The molecule has 1 saturated heterocycles. The van der Waals surface area contributed by atoms with Gasteiger partial charge in [-0.15, -0.1) is 0 Å². The largest absolute Gasteiger partial charge is 0.477 e. The molecule has 1 fully saturated rings. The Balaban J connectivity index is 2.24. The van der Waals surface area contributed by atoms with E-state index < -0.39 is 5.97 Å². The molecular weight excluding hydrogens is 200 g/mol. The van der Waals surface area contributed by atoms with Gasteiger partial charge in [-0.3, -0.25) is 4.79 Å². The second-order valence-corrected chi connectivity index (χ2v) is 3.37. The highest BCUT2D eigenvalue weighted by molar-refractivity contribution is 6.02. The molecule has 1 aliphatic heterocycles. The van der Waals surface area contributed by atoms with Gasteiger partial charge < -0.3 is 14.5 Å². The number of carboxylic acids is 1. The number of hydrogen-bond acceptors (Lipinski definition) is 4. The second kappa shape index (κ2) is 3.72. The summed E-state index contributed by atoms with van der Waals surface area (Å²) in [5, 5.41) is 12.1. The number of nitrogens with zero attached hydrogens (tertiary/aromatic N) is 2. The third-order valence-electron chi connectivity index (χ3n) is 2.39. The summed E-state index contributed by atoms with van der Waals surface area (Å²) in [6, 6.07) is 0. The van der Waals surface area contributed by atoms with Crippen LogP contribution in [-0.2, 0) is 0 Å². The number of carbonyl (C=O) groups is 2. The van der Waals surface area contributed by atoms with Gasteiger partial charge in [0.1, 0.15) is 5.56 Å². The molecule has 2 heterocycles. The van der Waals surface area contributed by atoms with Gasteiger partial charge in [-0.1, -0.05) is 5.16 Å². The van der Waals surface area contributed by atoms with Crippen molar-refractivity contribution in [1.29, 1.82) is 0 Å². The van der Waals surface area contributed by atoms with Crippen molar-refractivity contribution in [3.63, 3.8) is 0 Å². The van der Waals surface area contributed by atoms with Gasteiger partial charge in [-0.05, 0) is 12.8 Å². The first-order chi connectivity index (χ1) is 7.20. The fourth-order valence-corrected chi connectivity index (χ4v) is 1.61. The molecule has 6 heteroatoms. The highest BCUT2D eigenvalue weighted by Gasteiger charge is 2.27. The Hall–Kier alpha value is -1.85. The lowest BCUT2D eigenvalue weighted by atomic mass is 10.2. The SMILES string of the molecule is O=C(O)c1cnoc1C(=O)N1CCCC1. The van der Waals surface area contributed by atoms with E-state index in [2.05, 4.69) is 9.68 Å². The van der Waals surface area contributed by atoms with Gasteiger partial charge in [0.05, 0.1) is 6.20 Å². The maximum atomic E-state index is 11.8. The molecule has 0 bridgehead atoms. The van der Waals surface area contributed by atoms with Crippen LogP contribution in [0.4, 0.5) is 0 Å². The first-order valence-electron chi connectivity index (χ1n) is 4.67. The van der Waals surface area contributed by atoms with Crippen molar-refractivity contribution in [3.8, 4) is 0 Å². The molecule has 0 unspecified atom stereocenters. The topological polar surface area (TPSA) is 83.6 Å². The van der Waals surface area contributed by atoms with Crippen molar-refractivity contribution < 1.29 is 19.2 Å². The van der Waals surface area contributed by atoms with Crippen LogP contribution in [0.1, 0.15) is 33.8 Å². The molecule has 80 valence electrons. The molecule has 0 aromatic carbocycles. The van der Waals surface area contributed by atoms with E-state index in [1.807, 2.05) is 0 Å². The fraction of sp³-hybridized carbons (Fsp3) is 0.444. The van der Waals surface area contributed by atoms with Crippen LogP contribution in [0.25, 0.3) is 0 Å². The van der Waals surface area contributed by atoms with E-state index in [1.54, 1.807) is 4.90 Å². The third-order valence-corrected chi connectivity index (χ3v) is 2.39. The van der Waals surface area contributed by atoms with Crippen LogP contribution < -0.4 is 0 Å².